The number of hydrogen-bond acceptors (Lipinski definition) is 6. The number of methoxy groups -OCH3 is 1. The second-order valence-corrected chi connectivity index (χ2v) is 9.19. The fourth-order valence-electron chi connectivity index (χ4n) is 3.87. The van der Waals surface area contributed by atoms with E-state index in [1.165, 1.54) is 5.56 Å². The predicted molar refractivity (Wildman–Crippen MR) is 126 cm³/mol. The molecule has 7 heteroatoms. The van der Waals surface area contributed by atoms with Gasteiger partial charge in [-0.15, -0.1) is 0 Å². The van der Waals surface area contributed by atoms with Crippen LogP contribution < -0.4 is 15.4 Å². The van der Waals surface area contributed by atoms with E-state index in [-0.39, 0.29) is 6.09 Å². The number of nitrogens with one attached hydrogen (secondary N) is 2. The molecule has 0 saturated carbocycles. The third kappa shape index (κ3) is 8.31. The fourth-order valence-corrected chi connectivity index (χ4v) is 3.87. The minimum Gasteiger partial charge on any atom is -0.496 e. The monoisotopic (exact) mass is 434 g/mol. The van der Waals surface area contributed by atoms with Crippen LogP contribution in [0.1, 0.15) is 52.6 Å². The van der Waals surface area contributed by atoms with Crippen molar-refractivity contribution >= 4 is 6.09 Å². The van der Waals surface area contributed by atoms with E-state index in [1.54, 1.807) is 12.0 Å². The quantitative estimate of drug-likeness (QED) is 0.758. The van der Waals surface area contributed by atoms with Crippen LogP contribution >= 0.6 is 0 Å². The maximum atomic E-state index is 11.8. The summed E-state index contributed by atoms with van der Waals surface area (Å²) >= 11 is 0. The van der Waals surface area contributed by atoms with Crippen LogP contribution in [0, 0.1) is 0 Å². The van der Waals surface area contributed by atoms with Crippen molar-refractivity contribution < 1.29 is 14.3 Å². The predicted octanol–water partition coefficient (Wildman–Crippen LogP) is 3.27. The zero-order valence-corrected chi connectivity index (χ0v) is 20.2. The molecule has 0 aromatic heterocycles. The SMILES string of the molecule is CC[C@H]1CN(C(=O)OC(C)(C)C)CCN1.COc1ccccc1C(C)N1CCNCC1. The van der Waals surface area contributed by atoms with Gasteiger partial charge in [0.1, 0.15) is 11.4 Å². The lowest BCUT2D eigenvalue weighted by Crippen LogP contribution is -2.53. The van der Waals surface area contributed by atoms with Gasteiger partial charge in [0.2, 0.25) is 0 Å². The van der Waals surface area contributed by atoms with Crippen molar-refractivity contribution in [3.05, 3.63) is 29.8 Å². The number of para-hydroxylation sites is 1. The molecular formula is C24H42N4O3. The van der Waals surface area contributed by atoms with Gasteiger partial charge >= 0.3 is 6.09 Å². The highest BCUT2D eigenvalue weighted by atomic mass is 16.6. The minimum absolute atomic E-state index is 0.192. The molecule has 2 aliphatic heterocycles. The normalized spacial score (nSPS) is 21.0. The molecule has 0 bridgehead atoms. The molecule has 0 aliphatic carbocycles. The van der Waals surface area contributed by atoms with Crippen LogP contribution in [-0.2, 0) is 4.74 Å². The summed E-state index contributed by atoms with van der Waals surface area (Å²) in [5.74, 6) is 0.994. The van der Waals surface area contributed by atoms with Gasteiger partial charge in [0.25, 0.3) is 0 Å². The van der Waals surface area contributed by atoms with E-state index in [0.717, 1.165) is 58.0 Å². The Labute approximate surface area is 188 Å². The summed E-state index contributed by atoms with van der Waals surface area (Å²) in [5, 5.41) is 6.74. The lowest BCUT2D eigenvalue weighted by atomic mass is 10.1. The Morgan fingerprint density at radius 1 is 1.16 bits per heavy atom. The van der Waals surface area contributed by atoms with E-state index < -0.39 is 5.60 Å². The second-order valence-electron chi connectivity index (χ2n) is 9.19. The number of amides is 1. The Morgan fingerprint density at radius 3 is 2.45 bits per heavy atom. The molecule has 2 saturated heterocycles. The van der Waals surface area contributed by atoms with Gasteiger partial charge in [-0.1, -0.05) is 25.1 Å². The van der Waals surface area contributed by atoms with Crippen molar-refractivity contribution in [1.82, 2.24) is 20.4 Å². The van der Waals surface area contributed by atoms with Gasteiger partial charge in [-0.3, -0.25) is 4.90 Å². The molecule has 1 aromatic rings. The summed E-state index contributed by atoms with van der Waals surface area (Å²) in [7, 11) is 1.74. The van der Waals surface area contributed by atoms with Crippen molar-refractivity contribution in [2.24, 2.45) is 0 Å². The van der Waals surface area contributed by atoms with Gasteiger partial charge in [0, 0.05) is 63.5 Å². The van der Waals surface area contributed by atoms with Crippen LogP contribution in [0.3, 0.4) is 0 Å². The van der Waals surface area contributed by atoms with Crippen LogP contribution in [0.15, 0.2) is 24.3 Å². The first kappa shape index (κ1) is 25.4. The number of rotatable bonds is 4. The number of ether oxygens (including phenoxy) is 2. The number of piperazine rings is 2. The highest BCUT2D eigenvalue weighted by molar-refractivity contribution is 5.68. The Hall–Kier alpha value is -1.83. The molecule has 7 nitrogen and oxygen atoms in total. The lowest BCUT2D eigenvalue weighted by Gasteiger charge is -2.34. The second kappa shape index (κ2) is 12.3. The first-order chi connectivity index (χ1) is 14.7. The zero-order valence-electron chi connectivity index (χ0n) is 20.2. The summed E-state index contributed by atoms with van der Waals surface area (Å²) in [6.45, 7) is 16.8. The van der Waals surface area contributed by atoms with E-state index in [9.17, 15) is 4.79 Å². The molecule has 2 N–H and O–H groups in total. The van der Waals surface area contributed by atoms with Gasteiger partial charge in [0.15, 0.2) is 0 Å². The summed E-state index contributed by atoms with van der Waals surface area (Å²) in [6.07, 6.45) is 0.849. The smallest absolute Gasteiger partial charge is 0.410 e. The van der Waals surface area contributed by atoms with E-state index >= 15 is 0 Å². The molecule has 2 heterocycles. The van der Waals surface area contributed by atoms with Crippen LogP contribution in [0.2, 0.25) is 0 Å². The number of carbonyl (C=O) groups is 1. The molecule has 176 valence electrons. The Balaban J connectivity index is 0.000000221. The number of nitrogens with zero attached hydrogens (tertiary/aromatic N) is 2. The molecule has 3 rings (SSSR count). The Kier molecular flexibility index (Phi) is 10.1. The van der Waals surface area contributed by atoms with Crippen molar-refractivity contribution in [2.75, 3.05) is 52.9 Å². The third-order valence-electron chi connectivity index (χ3n) is 5.69. The molecule has 1 unspecified atom stereocenters. The largest absolute Gasteiger partial charge is 0.496 e. The molecular weight excluding hydrogens is 392 g/mol. The van der Waals surface area contributed by atoms with Gasteiger partial charge in [-0.05, 0) is 40.2 Å². The zero-order chi connectivity index (χ0) is 22.9. The standard InChI is InChI=1S/C13H20N2O.C11H22N2O2/c1-11(15-9-7-14-8-10-15)12-5-3-4-6-13(12)16-2;1-5-9-8-13(7-6-12-9)10(14)15-11(2,3)4/h3-6,11,14H,7-10H2,1-2H3;9,12H,5-8H2,1-4H3/t;9-/m.0/s1. The summed E-state index contributed by atoms with van der Waals surface area (Å²) in [5.41, 5.74) is 0.885. The topological polar surface area (TPSA) is 66.1 Å². The van der Waals surface area contributed by atoms with Gasteiger partial charge < -0.3 is 25.0 Å². The van der Waals surface area contributed by atoms with Crippen LogP contribution in [0.5, 0.6) is 5.75 Å². The van der Waals surface area contributed by atoms with Gasteiger partial charge in [-0.2, -0.15) is 0 Å². The van der Waals surface area contributed by atoms with E-state index in [2.05, 4.69) is 41.5 Å². The van der Waals surface area contributed by atoms with Crippen molar-refractivity contribution in [1.29, 1.82) is 0 Å². The highest BCUT2D eigenvalue weighted by Crippen LogP contribution is 2.28. The minimum atomic E-state index is -0.399. The summed E-state index contributed by atoms with van der Waals surface area (Å²) < 4.78 is 10.7. The summed E-state index contributed by atoms with van der Waals surface area (Å²) in [6, 6.07) is 9.13. The molecule has 0 radical (unpaired) electrons. The molecule has 1 amide bonds. The molecule has 0 spiro atoms. The number of hydrogen-bond donors (Lipinski definition) is 2. The third-order valence-corrected chi connectivity index (χ3v) is 5.69. The molecule has 2 atom stereocenters. The van der Waals surface area contributed by atoms with Crippen molar-refractivity contribution in [2.45, 2.75) is 58.7 Å². The Bertz CT molecular complexity index is 671. The molecule has 1 aromatic carbocycles. The average Bonchev–Trinajstić information content (AvgIpc) is 2.78. The molecule has 2 aliphatic rings. The average molecular weight is 435 g/mol. The van der Waals surface area contributed by atoms with Crippen molar-refractivity contribution in [3.8, 4) is 5.75 Å². The van der Waals surface area contributed by atoms with E-state index in [1.807, 2.05) is 32.9 Å². The maximum Gasteiger partial charge on any atom is 0.410 e. The van der Waals surface area contributed by atoms with Crippen LogP contribution in [0.4, 0.5) is 4.79 Å². The number of benzene rings is 1. The van der Waals surface area contributed by atoms with E-state index in [0.29, 0.717) is 12.1 Å². The fraction of sp³-hybridized carbons (Fsp3) is 0.708. The first-order valence-corrected chi connectivity index (χ1v) is 11.5. The molecule has 2 fully saturated rings. The lowest BCUT2D eigenvalue weighted by molar-refractivity contribution is 0.0194. The maximum absolute atomic E-state index is 11.8. The van der Waals surface area contributed by atoms with Crippen LogP contribution in [0.25, 0.3) is 0 Å². The van der Waals surface area contributed by atoms with Crippen LogP contribution in [-0.4, -0.2) is 80.5 Å². The number of carbonyl (C=O) groups excluding carboxylic acids is 1. The van der Waals surface area contributed by atoms with Gasteiger partial charge in [0.05, 0.1) is 7.11 Å². The molecule has 31 heavy (non-hydrogen) atoms. The summed E-state index contributed by atoms with van der Waals surface area (Å²) in [4.78, 5) is 16.0. The van der Waals surface area contributed by atoms with Crippen molar-refractivity contribution in [3.63, 3.8) is 0 Å². The van der Waals surface area contributed by atoms with Gasteiger partial charge in [-0.25, -0.2) is 4.79 Å². The Morgan fingerprint density at radius 2 is 1.84 bits per heavy atom. The highest BCUT2D eigenvalue weighted by Gasteiger charge is 2.26. The first-order valence-electron chi connectivity index (χ1n) is 11.5. The van der Waals surface area contributed by atoms with E-state index in [4.69, 9.17) is 9.47 Å².